The van der Waals surface area contributed by atoms with Crippen LogP contribution in [0, 0.1) is 0 Å². The molecule has 0 unspecified atom stereocenters. The Labute approximate surface area is 95.0 Å². The third-order valence-corrected chi connectivity index (χ3v) is 9.33. The van der Waals surface area contributed by atoms with Gasteiger partial charge in [0.05, 0.1) is 0 Å². The maximum atomic E-state index is 14.2. The standard InChI is InChI=1S/C12H16F2Te/c13-15(14,11-7-3-1-4-8-11)12-9-5-2-6-10-12/h1,3-4,7-8,12H,2,5-6,9-10H2. The van der Waals surface area contributed by atoms with Gasteiger partial charge in [-0.2, -0.15) is 0 Å². The van der Waals surface area contributed by atoms with E-state index in [1.165, 1.54) is 0 Å². The molecule has 1 aliphatic rings. The fourth-order valence-electron chi connectivity index (χ4n) is 2.16. The van der Waals surface area contributed by atoms with Crippen LogP contribution in [0.15, 0.2) is 30.3 Å². The Bertz CT molecular complexity index is 305. The van der Waals surface area contributed by atoms with Crippen LogP contribution in [0.2, 0.25) is 3.97 Å². The monoisotopic (exact) mass is 328 g/mol. The van der Waals surface area contributed by atoms with Crippen molar-refractivity contribution >= 4 is 22.9 Å². The van der Waals surface area contributed by atoms with E-state index in [0.717, 1.165) is 32.1 Å². The summed E-state index contributed by atoms with van der Waals surface area (Å²) in [6.07, 6.45) is 4.65. The second-order valence-corrected chi connectivity index (χ2v) is 10.2. The molecule has 0 heterocycles. The van der Waals surface area contributed by atoms with Crippen molar-refractivity contribution < 1.29 is 5.78 Å². The first-order valence-corrected chi connectivity index (χ1v) is 9.75. The van der Waals surface area contributed by atoms with Crippen LogP contribution in [0.5, 0.6) is 0 Å². The van der Waals surface area contributed by atoms with E-state index in [-0.39, 0.29) is 3.97 Å². The molecule has 1 aliphatic carbocycles. The average molecular weight is 326 g/mol. The summed E-state index contributed by atoms with van der Waals surface area (Å²) in [4.78, 5) is 0. The molecule has 0 nitrogen and oxygen atoms in total. The van der Waals surface area contributed by atoms with Crippen molar-refractivity contribution in [1.82, 2.24) is 0 Å². The van der Waals surface area contributed by atoms with E-state index in [0.29, 0.717) is 3.61 Å². The molecule has 84 valence electrons. The average Bonchev–Trinajstić information content (AvgIpc) is 2.31. The van der Waals surface area contributed by atoms with Gasteiger partial charge >= 0.3 is 95.1 Å². The number of hydrogen-bond acceptors (Lipinski definition) is 0. The quantitative estimate of drug-likeness (QED) is 0.729. The van der Waals surface area contributed by atoms with E-state index in [1.807, 2.05) is 6.07 Å². The fraction of sp³-hybridized carbons (Fsp3) is 0.500. The summed E-state index contributed by atoms with van der Waals surface area (Å²) in [6, 6.07) is 8.52. The van der Waals surface area contributed by atoms with Crippen LogP contribution in [0.1, 0.15) is 32.1 Å². The number of benzene rings is 1. The van der Waals surface area contributed by atoms with Gasteiger partial charge in [-0.3, -0.25) is 0 Å². The zero-order chi connectivity index (χ0) is 10.7. The topological polar surface area (TPSA) is 0 Å². The van der Waals surface area contributed by atoms with Gasteiger partial charge in [0.1, 0.15) is 0 Å². The van der Waals surface area contributed by atoms with Crippen LogP contribution in [-0.4, -0.2) is 19.3 Å². The molecule has 15 heavy (non-hydrogen) atoms. The summed E-state index contributed by atoms with van der Waals surface area (Å²) < 4.78 is 28.6. The Hall–Kier alpha value is -0.130. The predicted octanol–water partition coefficient (Wildman–Crippen LogP) is 3.61. The fourth-order valence-corrected chi connectivity index (χ4v) is 7.38. The summed E-state index contributed by atoms with van der Waals surface area (Å²) in [5.74, 6) is 0. The van der Waals surface area contributed by atoms with Crippen molar-refractivity contribution in [3.05, 3.63) is 30.3 Å². The Kier molecular flexibility index (Phi) is 3.64. The second-order valence-electron chi connectivity index (χ2n) is 4.08. The van der Waals surface area contributed by atoms with Crippen molar-refractivity contribution in [2.75, 3.05) is 0 Å². The van der Waals surface area contributed by atoms with Gasteiger partial charge in [-0.15, -0.1) is 0 Å². The van der Waals surface area contributed by atoms with E-state index >= 15 is 0 Å². The summed E-state index contributed by atoms with van der Waals surface area (Å²) in [5.41, 5.74) is 0. The summed E-state index contributed by atoms with van der Waals surface area (Å²) >= 11 is -4.75. The van der Waals surface area contributed by atoms with Gasteiger partial charge < -0.3 is 0 Å². The molecule has 0 radical (unpaired) electrons. The zero-order valence-corrected chi connectivity index (χ0v) is 11.0. The molecule has 0 amide bonds. The Morgan fingerprint density at radius 3 is 2.13 bits per heavy atom. The second kappa shape index (κ2) is 4.80. The van der Waals surface area contributed by atoms with E-state index in [1.54, 1.807) is 24.3 Å². The van der Waals surface area contributed by atoms with Crippen LogP contribution in [0.25, 0.3) is 0 Å². The van der Waals surface area contributed by atoms with Crippen molar-refractivity contribution in [3.63, 3.8) is 0 Å². The molecule has 0 saturated heterocycles. The molecular weight excluding hydrogens is 310 g/mol. The molecular formula is C12H16F2Te. The van der Waals surface area contributed by atoms with Crippen LogP contribution in [-0.2, 0) is 0 Å². The number of hydrogen-bond donors (Lipinski definition) is 0. The predicted molar refractivity (Wildman–Crippen MR) is 60.9 cm³/mol. The molecule has 1 saturated carbocycles. The Morgan fingerprint density at radius 1 is 0.933 bits per heavy atom. The van der Waals surface area contributed by atoms with Crippen LogP contribution in [0.4, 0.5) is 5.78 Å². The first kappa shape index (κ1) is 11.4. The number of rotatable bonds is 2. The minimum absolute atomic E-state index is 0.260. The van der Waals surface area contributed by atoms with Gasteiger partial charge in [-0.05, 0) is 0 Å². The van der Waals surface area contributed by atoms with Crippen molar-refractivity contribution in [3.8, 4) is 0 Å². The van der Waals surface area contributed by atoms with E-state index in [2.05, 4.69) is 0 Å². The maximum absolute atomic E-state index is 14.2. The van der Waals surface area contributed by atoms with Crippen LogP contribution in [0.3, 0.4) is 0 Å². The minimum atomic E-state index is -4.75. The third-order valence-electron chi connectivity index (χ3n) is 3.03. The van der Waals surface area contributed by atoms with Crippen molar-refractivity contribution in [2.45, 2.75) is 36.1 Å². The summed E-state index contributed by atoms with van der Waals surface area (Å²) in [7, 11) is 0. The van der Waals surface area contributed by atoms with Crippen LogP contribution >= 0.6 is 0 Å². The molecule has 0 aromatic heterocycles. The van der Waals surface area contributed by atoms with Crippen molar-refractivity contribution in [1.29, 1.82) is 0 Å². The Morgan fingerprint density at radius 2 is 1.53 bits per heavy atom. The molecule has 3 heteroatoms. The summed E-state index contributed by atoms with van der Waals surface area (Å²) in [6.45, 7) is 0. The molecule has 0 spiro atoms. The van der Waals surface area contributed by atoms with Crippen LogP contribution < -0.4 is 3.61 Å². The molecule has 0 bridgehead atoms. The third kappa shape index (κ3) is 2.52. The van der Waals surface area contributed by atoms with Gasteiger partial charge in [0.25, 0.3) is 0 Å². The van der Waals surface area contributed by atoms with Gasteiger partial charge in [0.2, 0.25) is 0 Å². The molecule has 0 N–H and O–H groups in total. The van der Waals surface area contributed by atoms with Gasteiger partial charge in [0, 0.05) is 0 Å². The van der Waals surface area contributed by atoms with E-state index in [4.69, 9.17) is 0 Å². The number of halogens is 2. The van der Waals surface area contributed by atoms with Crippen molar-refractivity contribution in [2.24, 2.45) is 0 Å². The SMILES string of the molecule is F[Te](F)(c1ccccc1)C1CCCCC1. The van der Waals surface area contributed by atoms with Gasteiger partial charge in [0.15, 0.2) is 0 Å². The molecule has 2 rings (SSSR count). The zero-order valence-electron chi connectivity index (χ0n) is 8.66. The molecule has 0 atom stereocenters. The molecule has 1 aromatic carbocycles. The first-order chi connectivity index (χ1) is 7.21. The van der Waals surface area contributed by atoms with Gasteiger partial charge in [-0.1, -0.05) is 0 Å². The molecule has 0 aliphatic heterocycles. The molecule has 1 aromatic rings. The molecule has 1 fully saturated rings. The van der Waals surface area contributed by atoms with E-state index < -0.39 is 19.3 Å². The first-order valence-electron chi connectivity index (χ1n) is 5.48. The summed E-state index contributed by atoms with van der Waals surface area (Å²) in [5, 5.41) is 0. The Balaban J connectivity index is 2.18. The normalized spacial score (nSPS) is 20.1. The van der Waals surface area contributed by atoms with E-state index in [9.17, 15) is 5.78 Å². The van der Waals surface area contributed by atoms with Gasteiger partial charge in [-0.25, -0.2) is 0 Å².